The number of nitriles is 1. The Morgan fingerprint density at radius 1 is 1.70 bits per heavy atom. The third-order valence-electron chi connectivity index (χ3n) is 0.333. The van der Waals surface area contributed by atoms with E-state index in [9.17, 15) is 18.5 Å². The lowest BCUT2D eigenvalue weighted by Crippen LogP contribution is -2.24. The van der Waals surface area contributed by atoms with Gasteiger partial charge in [0.25, 0.3) is 0 Å². The van der Waals surface area contributed by atoms with Gasteiger partial charge in [0, 0.05) is 5.59 Å². The summed E-state index contributed by atoms with van der Waals surface area (Å²) in [4.78, 5) is 9.36. The van der Waals surface area contributed by atoms with Gasteiger partial charge in [-0.15, -0.1) is 0 Å². The van der Waals surface area contributed by atoms with Crippen molar-refractivity contribution in [3.8, 4) is 5.40 Å². The van der Waals surface area contributed by atoms with Crippen LogP contribution in [0.4, 0.5) is 0 Å². The topological polar surface area (TPSA) is 122 Å². The van der Waals surface area contributed by atoms with E-state index in [0.29, 0.717) is 5.40 Å². The Labute approximate surface area is 55.2 Å². The van der Waals surface area contributed by atoms with Crippen LogP contribution < -0.4 is 5.59 Å². The predicted molar refractivity (Wildman–Crippen MR) is 25.7 cm³/mol. The smallest absolute Gasteiger partial charge is 0.233 e. The molecule has 8 nitrogen and oxygen atoms in total. The first-order chi connectivity index (χ1) is 4.48. The summed E-state index contributed by atoms with van der Waals surface area (Å²) in [6, 6.07) is 0. The first kappa shape index (κ1) is 8.60. The molecule has 0 atom stereocenters. The number of thiocyanates is 1. The van der Waals surface area contributed by atoms with E-state index in [2.05, 4.69) is 4.28 Å². The molecular formula is CHN3O5S. The number of nitrogens with zero attached hydrogens (tertiary/aromatic N) is 2. The standard InChI is InChI=1S/CHN3O5S/c2-1-10(7,8)9-3-4(5)6/h3H. The van der Waals surface area contributed by atoms with E-state index in [1.807, 2.05) is 0 Å². The van der Waals surface area contributed by atoms with Gasteiger partial charge in [0.2, 0.25) is 5.40 Å². The highest BCUT2D eigenvalue weighted by Crippen LogP contribution is 1.83. The van der Waals surface area contributed by atoms with Gasteiger partial charge in [-0.25, -0.2) is 10.1 Å². The summed E-state index contributed by atoms with van der Waals surface area (Å²) >= 11 is 0. The van der Waals surface area contributed by atoms with Crippen LogP contribution in [0.1, 0.15) is 0 Å². The van der Waals surface area contributed by atoms with Crippen LogP contribution >= 0.6 is 0 Å². The maximum atomic E-state index is 9.95. The van der Waals surface area contributed by atoms with Crippen molar-refractivity contribution >= 4 is 10.1 Å². The Morgan fingerprint density at radius 2 is 2.20 bits per heavy atom. The molecule has 0 heterocycles. The first-order valence-electron chi connectivity index (χ1n) is 1.72. The van der Waals surface area contributed by atoms with E-state index < -0.39 is 15.2 Å². The van der Waals surface area contributed by atoms with Crippen LogP contribution in [0.25, 0.3) is 0 Å². The van der Waals surface area contributed by atoms with Gasteiger partial charge < -0.3 is 0 Å². The van der Waals surface area contributed by atoms with E-state index >= 15 is 0 Å². The van der Waals surface area contributed by atoms with Crippen LogP contribution in [0.5, 0.6) is 0 Å². The molecular weight excluding hydrogens is 166 g/mol. The third-order valence-corrected chi connectivity index (χ3v) is 0.851. The summed E-state index contributed by atoms with van der Waals surface area (Å²) in [7, 11) is -4.46. The van der Waals surface area contributed by atoms with E-state index in [1.165, 1.54) is 0 Å². The molecule has 0 rings (SSSR count). The van der Waals surface area contributed by atoms with E-state index in [4.69, 9.17) is 5.26 Å². The van der Waals surface area contributed by atoms with Crippen LogP contribution in [-0.2, 0) is 14.4 Å². The zero-order valence-corrected chi connectivity index (χ0v) is 5.16. The Morgan fingerprint density at radius 3 is 2.50 bits per heavy atom. The molecule has 0 saturated carbocycles. The Hall–Kier alpha value is -1.40. The van der Waals surface area contributed by atoms with Crippen molar-refractivity contribution in [1.82, 2.24) is 5.59 Å². The van der Waals surface area contributed by atoms with Gasteiger partial charge >= 0.3 is 10.1 Å². The molecule has 0 aromatic heterocycles. The molecule has 0 amide bonds. The molecule has 0 aliphatic carbocycles. The average Bonchev–Trinajstić information content (AvgIpc) is 1.85. The molecule has 0 spiro atoms. The lowest BCUT2D eigenvalue weighted by molar-refractivity contribution is -0.591. The number of rotatable bonds is 3. The van der Waals surface area contributed by atoms with E-state index in [1.54, 1.807) is 0 Å². The monoisotopic (exact) mass is 167 g/mol. The lowest BCUT2D eigenvalue weighted by Gasteiger charge is -1.89. The molecule has 0 aliphatic heterocycles. The van der Waals surface area contributed by atoms with Gasteiger partial charge in [0.05, 0.1) is 0 Å². The molecule has 0 aromatic rings. The van der Waals surface area contributed by atoms with Crippen molar-refractivity contribution < 1.29 is 17.7 Å². The fourth-order valence-corrected chi connectivity index (χ4v) is 0.294. The van der Waals surface area contributed by atoms with Crippen LogP contribution in [0.15, 0.2) is 0 Å². The molecule has 0 saturated heterocycles. The fraction of sp³-hybridized carbons (Fsp3) is 0. The van der Waals surface area contributed by atoms with Crippen LogP contribution in [0, 0.1) is 20.8 Å². The number of hydrazine groups is 1. The van der Waals surface area contributed by atoms with Crippen molar-refractivity contribution in [2.45, 2.75) is 0 Å². The molecule has 10 heavy (non-hydrogen) atoms. The van der Waals surface area contributed by atoms with Crippen molar-refractivity contribution in [2.75, 3.05) is 0 Å². The summed E-state index contributed by atoms with van der Waals surface area (Å²) < 4.78 is 23.2. The van der Waals surface area contributed by atoms with Crippen molar-refractivity contribution in [3.05, 3.63) is 10.1 Å². The Balaban J connectivity index is 3.97. The minimum Gasteiger partial charge on any atom is -0.233 e. The Bertz CT molecular complexity index is 259. The highest BCUT2D eigenvalue weighted by Gasteiger charge is 2.11. The highest BCUT2D eigenvalue weighted by molar-refractivity contribution is 7.91. The molecule has 1 N–H and O–H groups in total. The second-order valence-electron chi connectivity index (χ2n) is 0.977. The molecule has 0 unspecified atom stereocenters. The molecule has 56 valence electrons. The summed E-state index contributed by atoms with van der Waals surface area (Å²) in [5, 5.41) is 16.5. The SMILES string of the molecule is N#CS(=O)(=O)ON[N+](=O)[O-]. The molecule has 0 aromatic carbocycles. The van der Waals surface area contributed by atoms with Crippen LogP contribution in [-0.4, -0.2) is 13.5 Å². The quantitative estimate of drug-likeness (QED) is 0.235. The summed E-state index contributed by atoms with van der Waals surface area (Å²) in [5.74, 6) is 0. The molecule has 0 bridgehead atoms. The van der Waals surface area contributed by atoms with Crippen LogP contribution in [0.2, 0.25) is 0 Å². The summed E-state index contributed by atoms with van der Waals surface area (Å²) in [6.45, 7) is 0. The maximum absolute atomic E-state index is 9.95. The van der Waals surface area contributed by atoms with Gasteiger partial charge in [-0.2, -0.15) is 13.7 Å². The number of nitrogens with one attached hydrogen (secondary N) is 1. The van der Waals surface area contributed by atoms with E-state index in [0.717, 1.165) is 5.59 Å². The molecule has 0 fully saturated rings. The summed E-state index contributed by atoms with van der Waals surface area (Å²) in [6.07, 6.45) is 0. The second-order valence-corrected chi connectivity index (χ2v) is 2.23. The second kappa shape index (κ2) is 2.95. The van der Waals surface area contributed by atoms with Crippen molar-refractivity contribution in [3.63, 3.8) is 0 Å². The van der Waals surface area contributed by atoms with Gasteiger partial charge in [-0.1, -0.05) is 4.28 Å². The number of hydrogen-bond acceptors (Lipinski definition) is 6. The van der Waals surface area contributed by atoms with Gasteiger partial charge in [-0.3, -0.25) is 0 Å². The number of nitro groups is 1. The van der Waals surface area contributed by atoms with Crippen molar-refractivity contribution in [1.29, 1.82) is 5.26 Å². The largest absolute Gasteiger partial charge is 0.387 e. The normalized spacial score (nSPS) is 9.90. The molecule has 9 heteroatoms. The minimum atomic E-state index is -4.46. The van der Waals surface area contributed by atoms with E-state index in [-0.39, 0.29) is 0 Å². The Kier molecular flexibility index (Phi) is 2.53. The lowest BCUT2D eigenvalue weighted by atomic mass is 11.8. The molecule has 0 radical (unpaired) electrons. The van der Waals surface area contributed by atoms with Crippen LogP contribution in [0.3, 0.4) is 0 Å². The predicted octanol–water partition coefficient (Wildman–Crippen LogP) is -1.49. The zero-order chi connectivity index (χ0) is 8.20. The summed E-state index contributed by atoms with van der Waals surface area (Å²) in [5.41, 5.74) is 0.848. The minimum absolute atomic E-state index is 0.680. The molecule has 0 aliphatic rings. The first-order valence-corrected chi connectivity index (χ1v) is 3.13. The zero-order valence-electron chi connectivity index (χ0n) is 4.34. The van der Waals surface area contributed by atoms with Gasteiger partial charge in [-0.05, 0) is 0 Å². The van der Waals surface area contributed by atoms with Crippen molar-refractivity contribution in [2.24, 2.45) is 0 Å². The highest BCUT2D eigenvalue weighted by atomic mass is 32.2. The average molecular weight is 167 g/mol. The maximum Gasteiger partial charge on any atom is 0.387 e. The van der Waals surface area contributed by atoms with Gasteiger partial charge in [0.15, 0.2) is 5.03 Å². The third kappa shape index (κ3) is 3.58. The van der Waals surface area contributed by atoms with Gasteiger partial charge in [0.1, 0.15) is 0 Å². The fourth-order valence-electron chi connectivity index (χ4n) is 0.0981. The number of hydrogen-bond donors (Lipinski definition) is 1.